The Labute approximate surface area is 164 Å². The van der Waals surface area contributed by atoms with Gasteiger partial charge in [-0.1, -0.05) is 42.5 Å². The van der Waals surface area contributed by atoms with Gasteiger partial charge in [0.25, 0.3) is 10.0 Å². The standard InChI is InChI=1S/C22H19N3O2S/c23-15-16-2-1-3-18(14-16)17-4-6-19(7-5-17)22-10-8-20(9-11-22)25-12-13-28(26,27)24-21(22)25/h1-8,14H,9-13H2. The van der Waals surface area contributed by atoms with Crippen molar-refractivity contribution in [3.05, 3.63) is 71.4 Å². The third-order valence-electron chi connectivity index (χ3n) is 6.09. The molecule has 0 aromatic heterocycles. The Bertz CT molecular complexity index is 1170. The van der Waals surface area contributed by atoms with E-state index in [0.717, 1.165) is 36.0 Å². The highest BCUT2D eigenvalue weighted by Gasteiger charge is 2.49. The van der Waals surface area contributed by atoms with Crippen molar-refractivity contribution in [3.8, 4) is 17.2 Å². The molecular formula is C22H19N3O2S. The maximum atomic E-state index is 12.2. The first-order valence-electron chi connectivity index (χ1n) is 9.42. The predicted molar refractivity (Wildman–Crippen MR) is 108 cm³/mol. The van der Waals surface area contributed by atoms with E-state index in [1.807, 2.05) is 18.2 Å². The number of sulfonamides is 1. The maximum Gasteiger partial charge on any atom is 0.256 e. The highest BCUT2D eigenvalue weighted by Crippen LogP contribution is 2.48. The van der Waals surface area contributed by atoms with Crippen LogP contribution in [0.15, 0.2) is 64.7 Å². The summed E-state index contributed by atoms with van der Waals surface area (Å²) < 4.78 is 28.6. The van der Waals surface area contributed by atoms with Gasteiger partial charge in [-0.05, 0) is 48.1 Å². The summed E-state index contributed by atoms with van der Waals surface area (Å²) in [6, 6.07) is 18.0. The van der Waals surface area contributed by atoms with Gasteiger partial charge in [-0.25, -0.2) is 8.42 Å². The van der Waals surface area contributed by atoms with Gasteiger partial charge in [0.1, 0.15) is 5.84 Å². The van der Waals surface area contributed by atoms with Crippen LogP contribution in [-0.2, 0) is 15.4 Å². The molecule has 4 aliphatic rings. The van der Waals surface area contributed by atoms with Crippen LogP contribution in [0.3, 0.4) is 0 Å². The Morgan fingerprint density at radius 1 is 1.11 bits per heavy atom. The quantitative estimate of drug-likeness (QED) is 0.787. The van der Waals surface area contributed by atoms with Gasteiger partial charge in [0.15, 0.2) is 0 Å². The molecule has 2 bridgehead atoms. The Balaban J connectivity index is 1.58. The van der Waals surface area contributed by atoms with Gasteiger partial charge < -0.3 is 4.90 Å². The Kier molecular flexibility index (Phi) is 3.72. The number of allylic oxidation sites excluding steroid dienone is 2. The summed E-state index contributed by atoms with van der Waals surface area (Å²) in [4.78, 5) is 2.11. The van der Waals surface area contributed by atoms with Crippen molar-refractivity contribution in [2.75, 3.05) is 12.3 Å². The SMILES string of the molecule is N#Cc1cccc(-c2ccc(C34CC=C(CC3)N3CCS(=O)(=O)N=C34)cc2)c1. The normalized spacial score (nSPS) is 24.8. The van der Waals surface area contributed by atoms with Crippen LogP contribution in [0.4, 0.5) is 0 Å². The molecule has 3 heterocycles. The van der Waals surface area contributed by atoms with Crippen molar-refractivity contribution in [1.82, 2.24) is 4.90 Å². The number of nitrogens with zero attached hydrogens (tertiary/aromatic N) is 3. The number of rotatable bonds is 2. The Morgan fingerprint density at radius 2 is 1.93 bits per heavy atom. The van der Waals surface area contributed by atoms with E-state index in [9.17, 15) is 8.42 Å². The minimum Gasteiger partial charge on any atom is -0.331 e. The Morgan fingerprint density at radius 3 is 2.64 bits per heavy atom. The fourth-order valence-electron chi connectivity index (χ4n) is 4.59. The monoisotopic (exact) mass is 389 g/mol. The first-order valence-corrected chi connectivity index (χ1v) is 11.0. The average molecular weight is 389 g/mol. The fraction of sp³-hybridized carbons (Fsp3) is 0.273. The third-order valence-corrected chi connectivity index (χ3v) is 7.23. The lowest BCUT2D eigenvalue weighted by Crippen LogP contribution is -2.56. The number of benzene rings is 2. The number of hydrogen-bond donors (Lipinski definition) is 0. The van der Waals surface area contributed by atoms with Gasteiger partial charge in [0, 0.05) is 12.2 Å². The molecule has 1 unspecified atom stereocenters. The first kappa shape index (κ1) is 17.2. The summed E-state index contributed by atoms with van der Waals surface area (Å²) in [6.07, 6.45) is 4.86. The molecule has 3 aliphatic heterocycles. The van der Waals surface area contributed by atoms with Crippen molar-refractivity contribution < 1.29 is 8.42 Å². The summed E-state index contributed by atoms with van der Waals surface area (Å²) in [5.41, 5.74) is 4.60. The molecule has 28 heavy (non-hydrogen) atoms. The zero-order chi connectivity index (χ0) is 19.4. The molecule has 6 rings (SSSR count). The van der Waals surface area contributed by atoms with Gasteiger partial charge in [0.2, 0.25) is 0 Å². The second kappa shape index (κ2) is 6.05. The molecule has 1 aliphatic carbocycles. The van der Waals surface area contributed by atoms with Crippen molar-refractivity contribution >= 4 is 15.9 Å². The smallest absolute Gasteiger partial charge is 0.256 e. The number of piperidine rings is 1. The second-order valence-corrected chi connectivity index (χ2v) is 9.36. The third kappa shape index (κ3) is 2.58. The maximum absolute atomic E-state index is 12.2. The van der Waals surface area contributed by atoms with Crippen molar-refractivity contribution in [1.29, 1.82) is 5.26 Å². The molecule has 0 saturated carbocycles. The molecule has 5 nitrogen and oxygen atoms in total. The molecule has 6 heteroatoms. The van der Waals surface area contributed by atoms with Gasteiger partial charge in [-0.15, -0.1) is 4.40 Å². The van der Waals surface area contributed by atoms with Gasteiger partial charge in [0.05, 0.1) is 22.8 Å². The molecule has 0 radical (unpaired) electrons. The van der Waals surface area contributed by atoms with E-state index in [2.05, 4.69) is 45.7 Å². The number of amidine groups is 1. The minimum atomic E-state index is -3.39. The highest BCUT2D eigenvalue weighted by atomic mass is 32.2. The van der Waals surface area contributed by atoms with Gasteiger partial charge in [-0.3, -0.25) is 0 Å². The first-order chi connectivity index (χ1) is 13.5. The van der Waals surface area contributed by atoms with Crippen molar-refractivity contribution in [2.24, 2.45) is 4.40 Å². The molecule has 2 aromatic rings. The molecule has 0 spiro atoms. The van der Waals surface area contributed by atoms with E-state index >= 15 is 0 Å². The summed E-state index contributed by atoms with van der Waals surface area (Å²) in [6.45, 7) is 0.494. The van der Waals surface area contributed by atoms with E-state index < -0.39 is 10.0 Å². The molecule has 0 N–H and O–H groups in total. The lowest BCUT2D eigenvalue weighted by Gasteiger charge is -2.50. The average Bonchev–Trinajstić information content (AvgIpc) is 2.74. The lowest BCUT2D eigenvalue weighted by molar-refractivity contribution is 0.337. The van der Waals surface area contributed by atoms with Crippen molar-refractivity contribution in [3.63, 3.8) is 0 Å². The predicted octanol–water partition coefficient (Wildman–Crippen LogP) is 3.59. The molecule has 1 atom stereocenters. The zero-order valence-corrected chi connectivity index (χ0v) is 16.1. The van der Waals surface area contributed by atoms with Gasteiger partial charge >= 0.3 is 0 Å². The summed E-state index contributed by atoms with van der Waals surface area (Å²) in [5.74, 6) is 0.777. The number of hydrogen-bond acceptors (Lipinski definition) is 4. The molecule has 2 aromatic carbocycles. The van der Waals surface area contributed by atoms with Gasteiger partial charge in [-0.2, -0.15) is 5.26 Å². The van der Waals surface area contributed by atoms with Crippen LogP contribution in [0.25, 0.3) is 11.1 Å². The summed E-state index contributed by atoms with van der Waals surface area (Å²) in [7, 11) is -3.39. The van der Waals surface area contributed by atoms with Crippen LogP contribution < -0.4 is 0 Å². The molecule has 140 valence electrons. The zero-order valence-electron chi connectivity index (χ0n) is 15.3. The van der Waals surface area contributed by atoms with E-state index in [-0.39, 0.29) is 11.2 Å². The highest BCUT2D eigenvalue weighted by molar-refractivity contribution is 7.90. The van der Waals surface area contributed by atoms with Crippen LogP contribution in [0.2, 0.25) is 0 Å². The van der Waals surface area contributed by atoms with E-state index in [0.29, 0.717) is 17.9 Å². The summed E-state index contributed by atoms with van der Waals surface area (Å²) in [5, 5.41) is 9.12. The summed E-state index contributed by atoms with van der Waals surface area (Å²) >= 11 is 0. The molecule has 0 amide bonds. The van der Waals surface area contributed by atoms with Crippen molar-refractivity contribution in [2.45, 2.75) is 24.7 Å². The molecule has 1 fully saturated rings. The van der Waals surface area contributed by atoms with E-state index in [1.54, 1.807) is 6.07 Å². The lowest BCUT2D eigenvalue weighted by atomic mass is 9.66. The van der Waals surface area contributed by atoms with E-state index in [4.69, 9.17) is 5.26 Å². The molecular weight excluding hydrogens is 370 g/mol. The second-order valence-electron chi connectivity index (χ2n) is 7.60. The minimum absolute atomic E-state index is 0.0814. The Hall–Kier alpha value is -2.91. The molecule has 1 saturated heterocycles. The van der Waals surface area contributed by atoms with Crippen LogP contribution in [0.1, 0.15) is 30.4 Å². The van der Waals surface area contributed by atoms with Crippen LogP contribution in [0.5, 0.6) is 0 Å². The van der Waals surface area contributed by atoms with Crippen LogP contribution in [0, 0.1) is 11.3 Å². The topological polar surface area (TPSA) is 73.5 Å². The number of nitriles is 1. The van der Waals surface area contributed by atoms with Crippen LogP contribution >= 0.6 is 0 Å². The largest absolute Gasteiger partial charge is 0.331 e. The van der Waals surface area contributed by atoms with E-state index in [1.165, 1.54) is 5.70 Å². The fourth-order valence-corrected chi connectivity index (χ4v) is 5.63. The number of fused-ring (bicyclic) bond motifs is 2. The van der Waals surface area contributed by atoms with Crippen LogP contribution in [-0.4, -0.2) is 31.5 Å².